The van der Waals surface area contributed by atoms with Gasteiger partial charge in [-0.25, -0.2) is 0 Å². The number of rotatable bonds is 4. The molecule has 1 aliphatic rings. The molecule has 0 spiro atoms. The summed E-state index contributed by atoms with van der Waals surface area (Å²) in [5.41, 5.74) is 1.31. The smallest absolute Gasteiger partial charge is 0.123 e. The molecular formula is C11H14ClNO. The van der Waals surface area contributed by atoms with E-state index in [0.29, 0.717) is 5.88 Å². The Morgan fingerprint density at radius 1 is 1.43 bits per heavy atom. The van der Waals surface area contributed by atoms with Gasteiger partial charge in [-0.3, -0.25) is 0 Å². The minimum Gasteiger partial charge on any atom is -0.488 e. The van der Waals surface area contributed by atoms with Crippen LogP contribution in [0.1, 0.15) is 5.56 Å². The fourth-order valence-corrected chi connectivity index (χ4v) is 1.83. The molecule has 0 amide bonds. The van der Waals surface area contributed by atoms with Gasteiger partial charge in [-0.15, -0.1) is 11.6 Å². The number of hydrogen-bond acceptors (Lipinski definition) is 2. The zero-order valence-corrected chi connectivity index (χ0v) is 8.76. The Labute approximate surface area is 89.2 Å². The molecule has 1 heterocycles. The normalized spacial score (nSPS) is 19.1. The van der Waals surface area contributed by atoms with Gasteiger partial charge in [0.1, 0.15) is 11.9 Å². The summed E-state index contributed by atoms with van der Waals surface area (Å²) in [6.45, 7) is 1.72. The standard InChI is InChI=1S/C11H14ClNO/c12-5-6-13-8-10-7-9-3-1-2-4-11(9)14-10/h1-4,10,13H,5-8H2. The van der Waals surface area contributed by atoms with Gasteiger partial charge in [0.05, 0.1) is 0 Å². The van der Waals surface area contributed by atoms with E-state index in [9.17, 15) is 0 Å². The average molecular weight is 212 g/mol. The van der Waals surface area contributed by atoms with E-state index in [1.807, 2.05) is 12.1 Å². The Hall–Kier alpha value is -0.730. The third-order valence-corrected chi connectivity index (χ3v) is 2.55. The minimum atomic E-state index is 0.274. The maximum atomic E-state index is 5.75. The van der Waals surface area contributed by atoms with Crippen molar-refractivity contribution in [1.29, 1.82) is 0 Å². The minimum absolute atomic E-state index is 0.274. The molecule has 2 rings (SSSR count). The van der Waals surface area contributed by atoms with E-state index >= 15 is 0 Å². The van der Waals surface area contributed by atoms with E-state index in [-0.39, 0.29) is 6.10 Å². The van der Waals surface area contributed by atoms with Crippen molar-refractivity contribution in [2.45, 2.75) is 12.5 Å². The van der Waals surface area contributed by atoms with Gasteiger partial charge in [0.2, 0.25) is 0 Å². The van der Waals surface area contributed by atoms with Gasteiger partial charge in [0.15, 0.2) is 0 Å². The van der Waals surface area contributed by atoms with E-state index in [2.05, 4.69) is 17.4 Å². The quantitative estimate of drug-likeness (QED) is 0.606. The molecule has 0 aliphatic carbocycles. The Morgan fingerprint density at radius 3 is 3.07 bits per heavy atom. The SMILES string of the molecule is ClCCNCC1Cc2ccccc2O1. The van der Waals surface area contributed by atoms with Crippen molar-refractivity contribution >= 4 is 11.6 Å². The van der Waals surface area contributed by atoms with Crippen LogP contribution < -0.4 is 10.1 Å². The molecule has 3 heteroatoms. The molecule has 1 aromatic carbocycles. The predicted octanol–water partition coefficient (Wildman–Crippen LogP) is 1.82. The molecular weight excluding hydrogens is 198 g/mol. The van der Waals surface area contributed by atoms with Crippen molar-refractivity contribution in [2.75, 3.05) is 19.0 Å². The van der Waals surface area contributed by atoms with Gasteiger partial charge >= 0.3 is 0 Å². The van der Waals surface area contributed by atoms with Crippen LogP contribution in [0.15, 0.2) is 24.3 Å². The summed E-state index contributed by atoms with van der Waals surface area (Å²) in [4.78, 5) is 0. The Bertz CT molecular complexity index is 278. The van der Waals surface area contributed by atoms with Gasteiger partial charge < -0.3 is 10.1 Å². The lowest BCUT2D eigenvalue weighted by atomic mass is 10.1. The molecule has 0 radical (unpaired) electrons. The van der Waals surface area contributed by atoms with Crippen LogP contribution in [0, 0.1) is 0 Å². The summed E-state index contributed by atoms with van der Waals surface area (Å²) in [6, 6.07) is 8.21. The fraction of sp³-hybridized carbons (Fsp3) is 0.455. The largest absolute Gasteiger partial charge is 0.488 e. The molecule has 0 fully saturated rings. The molecule has 14 heavy (non-hydrogen) atoms. The van der Waals surface area contributed by atoms with Gasteiger partial charge in [0, 0.05) is 25.4 Å². The molecule has 2 nitrogen and oxygen atoms in total. The first kappa shape index (κ1) is 9.81. The van der Waals surface area contributed by atoms with E-state index in [0.717, 1.165) is 25.3 Å². The lowest BCUT2D eigenvalue weighted by molar-refractivity contribution is 0.229. The fourth-order valence-electron chi connectivity index (χ4n) is 1.70. The van der Waals surface area contributed by atoms with E-state index in [4.69, 9.17) is 16.3 Å². The van der Waals surface area contributed by atoms with Crippen LogP contribution >= 0.6 is 11.6 Å². The second-order valence-corrected chi connectivity index (χ2v) is 3.82. The van der Waals surface area contributed by atoms with Crippen molar-refractivity contribution in [3.8, 4) is 5.75 Å². The van der Waals surface area contributed by atoms with Crippen molar-refractivity contribution in [2.24, 2.45) is 0 Å². The molecule has 0 bridgehead atoms. The highest BCUT2D eigenvalue weighted by Crippen LogP contribution is 2.27. The second-order valence-electron chi connectivity index (χ2n) is 3.44. The van der Waals surface area contributed by atoms with Crippen LogP contribution in [0.25, 0.3) is 0 Å². The molecule has 1 atom stereocenters. The number of hydrogen-bond donors (Lipinski definition) is 1. The summed E-state index contributed by atoms with van der Waals surface area (Å²) < 4.78 is 5.75. The lowest BCUT2D eigenvalue weighted by Gasteiger charge is -2.10. The summed E-state index contributed by atoms with van der Waals surface area (Å²) in [5, 5.41) is 3.25. The Morgan fingerprint density at radius 2 is 2.29 bits per heavy atom. The molecule has 1 aromatic rings. The van der Waals surface area contributed by atoms with Gasteiger partial charge in [-0.05, 0) is 11.6 Å². The van der Waals surface area contributed by atoms with Crippen molar-refractivity contribution < 1.29 is 4.74 Å². The highest BCUT2D eigenvalue weighted by Gasteiger charge is 2.21. The number of para-hydroxylation sites is 1. The van der Waals surface area contributed by atoms with Crippen LogP contribution in [0.3, 0.4) is 0 Å². The predicted molar refractivity (Wildman–Crippen MR) is 58.2 cm³/mol. The monoisotopic (exact) mass is 211 g/mol. The van der Waals surface area contributed by atoms with Crippen molar-refractivity contribution in [3.05, 3.63) is 29.8 Å². The molecule has 76 valence electrons. The maximum Gasteiger partial charge on any atom is 0.123 e. The highest BCUT2D eigenvalue weighted by molar-refractivity contribution is 6.18. The number of nitrogens with one attached hydrogen (secondary N) is 1. The average Bonchev–Trinajstić information content (AvgIpc) is 2.60. The molecule has 1 N–H and O–H groups in total. The molecule has 1 aliphatic heterocycles. The molecule has 0 aromatic heterocycles. The second kappa shape index (κ2) is 4.67. The van der Waals surface area contributed by atoms with Gasteiger partial charge in [-0.2, -0.15) is 0 Å². The van der Waals surface area contributed by atoms with Crippen molar-refractivity contribution in [1.82, 2.24) is 5.32 Å². The van der Waals surface area contributed by atoms with E-state index in [1.165, 1.54) is 5.56 Å². The highest BCUT2D eigenvalue weighted by atomic mass is 35.5. The third kappa shape index (κ3) is 2.20. The van der Waals surface area contributed by atoms with Crippen LogP contribution in [0.4, 0.5) is 0 Å². The number of ether oxygens (including phenoxy) is 1. The van der Waals surface area contributed by atoms with Gasteiger partial charge in [0.25, 0.3) is 0 Å². The Balaban J connectivity index is 1.86. The summed E-state index contributed by atoms with van der Waals surface area (Å²) in [6.07, 6.45) is 1.28. The van der Waals surface area contributed by atoms with Crippen LogP contribution in [0.2, 0.25) is 0 Å². The summed E-state index contributed by atoms with van der Waals surface area (Å²) in [5.74, 6) is 1.69. The summed E-state index contributed by atoms with van der Waals surface area (Å²) in [7, 11) is 0. The maximum absolute atomic E-state index is 5.75. The lowest BCUT2D eigenvalue weighted by Crippen LogP contribution is -2.31. The topological polar surface area (TPSA) is 21.3 Å². The number of fused-ring (bicyclic) bond motifs is 1. The van der Waals surface area contributed by atoms with Crippen LogP contribution in [-0.2, 0) is 6.42 Å². The first-order chi connectivity index (χ1) is 6.90. The Kier molecular flexibility index (Phi) is 3.27. The summed E-state index contributed by atoms with van der Waals surface area (Å²) >= 11 is 5.57. The van der Waals surface area contributed by atoms with E-state index in [1.54, 1.807) is 0 Å². The van der Waals surface area contributed by atoms with E-state index < -0.39 is 0 Å². The van der Waals surface area contributed by atoms with Crippen LogP contribution in [0.5, 0.6) is 5.75 Å². The van der Waals surface area contributed by atoms with Crippen LogP contribution in [-0.4, -0.2) is 25.1 Å². The zero-order valence-electron chi connectivity index (χ0n) is 8.00. The molecule has 0 saturated carbocycles. The first-order valence-electron chi connectivity index (χ1n) is 4.91. The van der Waals surface area contributed by atoms with Gasteiger partial charge in [-0.1, -0.05) is 18.2 Å². The first-order valence-corrected chi connectivity index (χ1v) is 5.45. The molecule has 0 saturated heterocycles. The number of halogens is 1. The molecule has 1 unspecified atom stereocenters. The van der Waals surface area contributed by atoms with Crippen molar-refractivity contribution in [3.63, 3.8) is 0 Å². The third-order valence-electron chi connectivity index (χ3n) is 2.36. The number of alkyl halides is 1. The zero-order chi connectivity index (χ0) is 9.80. The number of benzene rings is 1.